The van der Waals surface area contributed by atoms with Gasteiger partial charge in [-0.25, -0.2) is 0 Å². The van der Waals surface area contributed by atoms with Crippen LogP contribution in [0.25, 0.3) is 5.57 Å². The molecule has 2 aliphatic heterocycles. The van der Waals surface area contributed by atoms with Crippen LogP contribution in [0.15, 0.2) is 54.8 Å². The zero-order valence-electron chi connectivity index (χ0n) is 15.7. The summed E-state index contributed by atoms with van der Waals surface area (Å²) < 4.78 is 10.7. The zero-order valence-corrected chi connectivity index (χ0v) is 15.7. The van der Waals surface area contributed by atoms with Gasteiger partial charge in [-0.3, -0.25) is 14.5 Å². The summed E-state index contributed by atoms with van der Waals surface area (Å²) >= 11 is 0. The maximum atomic E-state index is 13.0. The maximum Gasteiger partial charge on any atom is 0.278 e. The highest BCUT2D eigenvalue weighted by Gasteiger charge is 2.38. The minimum atomic E-state index is -0.379. The van der Waals surface area contributed by atoms with Crippen molar-refractivity contribution in [2.75, 3.05) is 18.7 Å². The predicted octanol–water partition coefficient (Wildman–Crippen LogP) is 3.41. The van der Waals surface area contributed by atoms with Crippen molar-refractivity contribution < 1.29 is 19.1 Å². The Bertz CT molecular complexity index is 1040. The normalized spacial score (nSPS) is 15.4. The molecule has 0 unspecified atom stereocenters. The van der Waals surface area contributed by atoms with E-state index in [0.29, 0.717) is 28.3 Å². The molecule has 6 nitrogen and oxygen atoms in total. The first kappa shape index (κ1) is 17.9. The van der Waals surface area contributed by atoms with E-state index in [9.17, 15) is 9.59 Å². The van der Waals surface area contributed by atoms with Gasteiger partial charge in [0.15, 0.2) is 11.5 Å². The minimum Gasteiger partial charge on any atom is -0.454 e. The lowest BCUT2D eigenvalue weighted by molar-refractivity contribution is -0.136. The molecule has 142 valence electrons. The van der Waals surface area contributed by atoms with Crippen molar-refractivity contribution in [3.8, 4) is 11.5 Å². The Morgan fingerprint density at radius 3 is 2.57 bits per heavy atom. The number of amides is 2. The molecule has 4 rings (SSSR count). The molecule has 0 saturated carbocycles. The maximum absolute atomic E-state index is 13.0. The van der Waals surface area contributed by atoms with Crippen LogP contribution < -0.4 is 14.8 Å². The van der Waals surface area contributed by atoms with Crippen LogP contribution in [0.3, 0.4) is 0 Å². The van der Waals surface area contributed by atoms with E-state index in [-0.39, 0.29) is 30.8 Å². The van der Waals surface area contributed by atoms with Gasteiger partial charge in [-0.05, 0) is 42.7 Å². The largest absolute Gasteiger partial charge is 0.454 e. The third kappa shape index (κ3) is 2.93. The molecule has 2 heterocycles. The fourth-order valence-corrected chi connectivity index (χ4v) is 3.27. The smallest absolute Gasteiger partial charge is 0.278 e. The zero-order chi connectivity index (χ0) is 19.8. The number of carbonyl (C=O) groups excluding carboxylic acids is 2. The standard InChI is InChI=1S/C22H20N2O4/c1-4-9-24-21(25)19(15-6-5-13(2)14(3)10-15)20(22(24)26)23-16-7-8-17-18(11-16)28-12-27-17/h4-8,10-11,23H,1,9,12H2,2-3H3. The second-order valence-electron chi connectivity index (χ2n) is 6.75. The average molecular weight is 376 g/mol. The van der Waals surface area contributed by atoms with Crippen LogP contribution in [0.2, 0.25) is 0 Å². The summed E-state index contributed by atoms with van der Waals surface area (Å²) in [4.78, 5) is 27.2. The van der Waals surface area contributed by atoms with Crippen molar-refractivity contribution in [3.63, 3.8) is 0 Å². The quantitative estimate of drug-likeness (QED) is 0.640. The molecular weight excluding hydrogens is 356 g/mol. The van der Waals surface area contributed by atoms with Crippen molar-refractivity contribution in [2.24, 2.45) is 0 Å². The van der Waals surface area contributed by atoms with Crippen LogP contribution in [0.5, 0.6) is 11.5 Å². The van der Waals surface area contributed by atoms with E-state index >= 15 is 0 Å². The average Bonchev–Trinajstić information content (AvgIpc) is 3.23. The van der Waals surface area contributed by atoms with Gasteiger partial charge in [0.2, 0.25) is 6.79 Å². The van der Waals surface area contributed by atoms with Gasteiger partial charge in [-0.1, -0.05) is 24.3 Å². The monoisotopic (exact) mass is 376 g/mol. The van der Waals surface area contributed by atoms with Crippen molar-refractivity contribution in [3.05, 3.63) is 71.4 Å². The van der Waals surface area contributed by atoms with E-state index in [1.54, 1.807) is 18.2 Å². The molecule has 2 aromatic carbocycles. The first-order valence-electron chi connectivity index (χ1n) is 8.95. The highest BCUT2D eigenvalue weighted by Crippen LogP contribution is 2.36. The molecule has 0 fully saturated rings. The van der Waals surface area contributed by atoms with E-state index in [0.717, 1.165) is 11.1 Å². The Labute approximate surface area is 163 Å². The lowest BCUT2D eigenvalue weighted by Crippen LogP contribution is -2.32. The van der Waals surface area contributed by atoms with Crippen LogP contribution in [-0.4, -0.2) is 30.1 Å². The number of hydrogen-bond donors (Lipinski definition) is 1. The van der Waals surface area contributed by atoms with Crippen molar-refractivity contribution in [1.29, 1.82) is 0 Å². The Balaban J connectivity index is 1.79. The van der Waals surface area contributed by atoms with Crippen LogP contribution in [-0.2, 0) is 9.59 Å². The van der Waals surface area contributed by atoms with E-state index in [1.807, 2.05) is 32.0 Å². The number of nitrogens with one attached hydrogen (secondary N) is 1. The molecule has 2 aliphatic rings. The summed E-state index contributed by atoms with van der Waals surface area (Å²) in [5, 5.41) is 3.12. The molecule has 0 radical (unpaired) electrons. The highest BCUT2D eigenvalue weighted by molar-refractivity contribution is 6.36. The Hall–Kier alpha value is -3.54. The third-order valence-corrected chi connectivity index (χ3v) is 4.92. The molecular formula is C22H20N2O4. The van der Waals surface area contributed by atoms with Crippen LogP contribution in [0, 0.1) is 13.8 Å². The van der Waals surface area contributed by atoms with E-state index in [2.05, 4.69) is 11.9 Å². The molecule has 0 bridgehead atoms. The number of rotatable bonds is 5. The molecule has 2 aromatic rings. The molecule has 0 spiro atoms. The summed E-state index contributed by atoms with van der Waals surface area (Å²) in [6, 6.07) is 11.0. The molecule has 0 aliphatic carbocycles. The van der Waals surface area contributed by atoms with Gasteiger partial charge < -0.3 is 14.8 Å². The van der Waals surface area contributed by atoms with Gasteiger partial charge in [0, 0.05) is 18.3 Å². The Kier molecular flexibility index (Phi) is 4.39. The first-order chi connectivity index (χ1) is 13.5. The SMILES string of the molecule is C=CCN1C(=O)C(Nc2ccc3c(c2)OCO3)=C(c2ccc(C)c(C)c2)C1=O. The summed E-state index contributed by atoms with van der Waals surface area (Å²) in [5.41, 5.74) is 4.12. The number of fused-ring (bicyclic) bond motifs is 1. The van der Waals surface area contributed by atoms with E-state index in [1.165, 1.54) is 11.0 Å². The van der Waals surface area contributed by atoms with Gasteiger partial charge >= 0.3 is 0 Å². The summed E-state index contributed by atoms with van der Waals surface area (Å²) in [6.07, 6.45) is 1.54. The van der Waals surface area contributed by atoms with Crippen LogP contribution in [0.1, 0.15) is 16.7 Å². The minimum absolute atomic E-state index is 0.151. The van der Waals surface area contributed by atoms with Crippen molar-refractivity contribution >= 4 is 23.1 Å². The number of anilines is 1. The summed E-state index contributed by atoms with van der Waals surface area (Å²) in [5.74, 6) is 0.529. The van der Waals surface area contributed by atoms with E-state index in [4.69, 9.17) is 9.47 Å². The topological polar surface area (TPSA) is 67.9 Å². The number of imide groups is 1. The second-order valence-corrected chi connectivity index (χ2v) is 6.75. The lowest BCUT2D eigenvalue weighted by atomic mass is 9.99. The Morgan fingerprint density at radius 1 is 1.04 bits per heavy atom. The summed E-state index contributed by atoms with van der Waals surface area (Å²) in [6.45, 7) is 7.95. The van der Waals surface area contributed by atoms with Crippen molar-refractivity contribution in [2.45, 2.75) is 13.8 Å². The number of aryl methyl sites for hydroxylation is 2. The van der Waals surface area contributed by atoms with Gasteiger partial charge in [-0.15, -0.1) is 6.58 Å². The molecule has 2 amide bonds. The Morgan fingerprint density at radius 2 is 1.82 bits per heavy atom. The van der Waals surface area contributed by atoms with Crippen molar-refractivity contribution in [1.82, 2.24) is 4.90 Å². The first-order valence-corrected chi connectivity index (χ1v) is 8.95. The lowest BCUT2D eigenvalue weighted by Gasteiger charge is -2.12. The molecule has 0 saturated heterocycles. The molecule has 6 heteroatoms. The van der Waals surface area contributed by atoms with Crippen LogP contribution in [0.4, 0.5) is 5.69 Å². The van der Waals surface area contributed by atoms with Crippen LogP contribution >= 0.6 is 0 Å². The molecule has 0 atom stereocenters. The fraction of sp³-hybridized carbons (Fsp3) is 0.182. The number of hydrogen-bond acceptors (Lipinski definition) is 5. The molecule has 0 aromatic heterocycles. The second kappa shape index (κ2) is 6.88. The number of carbonyl (C=O) groups is 2. The number of benzene rings is 2. The van der Waals surface area contributed by atoms with E-state index < -0.39 is 0 Å². The predicted molar refractivity (Wildman–Crippen MR) is 106 cm³/mol. The molecule has 28 heavy (non-hydrogen) atoms. The van der Waals surface area contributed by atoms with Gasteiger partial charge in [0.1, 0.15) is 5.70 Å². The molecule has 1 N–H and O–H groups in total. The fourth-order valence-electron chi connectivity index (χ4n) is 3.27. The summed E-state index contributed by atoms with van der Waals surface area (Å²) in [7, 11) is 0. The van der Waals surface area contributed by atoms with Gasteiger partial charge in [0.25, 0.3) is 11.8 Å². The number of nitrogens with zero attached hydrogens (tertiary/aromatic N) is 1. The van der Waals surface area contributed by atoms with Gasteiger partial charge in [-0.2, -0.15) is 0 Å². The van der Waals surface area contributed by atoms with Gasteiger partial charge in [0.05, 0.1) is 5.57 Å². The highest BCUT2D eigenvalue weighted by atomic mass is 16.7. The third-order valence-electron chi connectivity index (χ3n) is 4.92. The number of ether oxygens (including phenoxy) is 2.